The second-order valence-electron chi connectivity index (χ2n) is 3.56. The van der Waals surface area contributed by atoms with Crippen molar-refractivity contribution in [1.29, 1.82) is 5.26 Å². The van der Waals surface area contributed by atoms with E-state index in [4.69, 9.17) is 11.0 Å². The van der Waals surface area contributed by atoms with E-state index in [2.05, 4.69) is 10.2 Å². The highest BCUT2D eigenvalue weighted by atomic mass is 32.2. The van der Waals surface area contributed by atoms with Crippen molar-refractivity contribution < 1.29 is 12.8 Å². The molecule has 9 heteroatoms. The molecule has 1 heterocycles. The SMILES string of the molecule is N#Cc1ccc(NS(=O)(=O)c2cn[nH]c2N)c(F)c1. The Morgan fingerprint density at radius 3 is 2.74 bits per heavy atom. The van der Waals surface area contributed by atoms with Gasteiger partial charge >= 0.3 is 0 Å². The monoisotopic (exact) mass is 281 g/mol. The number of halogens is 1. The minimum absolute atomic E-state index is 0.0864. The van der Waals surface area contributed by atoms with Crippen molar-refractivity contribution in [3.63, 3.8) is 0 Å². The molecule has 0 bridgehead atoms. The van der Waals surface area contributed by atoms with Gasteiger partial charge in [-0.25, -0.2) is 12.8 Å². The van der Waals surface area contributed by atoms with Crippen LogP contribution in [-0.4, -0.2) is 18.6 Å². The van der Waals surface area contributed by atoms with Gasteiger partial charge < -0.3 is 5.73 Å². The maximum absolute atomic E-state index is 13.6. The van der Waals surface area contributed by atoms with E-state index in [0.717, 1.165) is 18.3 Å². The number of sulfonamides is 1. The predicted octanol–water partition coefficient (Wildman–Crippen LogP) is 0.803. The first-order valence-corrected chi connectivity index (χ1v) is 6.43. The summed E-state index contributed by atoms with van der Waals surface area (Å²) >= 11 is 0. The van der Waals surface area contributed by atoms with Gasteiger partial charge in [0.15, 0.2) is 0 Å². The number of nitrogens with two attached hydrogens (primary N) is 1. The van der Waals surface area contributed by atoms with E-state index in [-0.39, 0.29) is 22.0 Å². The van der Waals surface area contributed by atoms with Gasteiger partial charge in [0.1, 0.15) is 16.5 Å². The van der Waals surface area contributed by atoms with Crippen molar-refractivity contribution in [2.24, 2.45) is 0 Å². The van der Waals surface area contributed by atoms with E-state index in [1.807, 2.05) is 4.72 Å². The molecule has 0 radical (unpaired) electrons. The Hall–Kier alpha value is -2.60. The van der Waals surface area contributed by atoms with Gasteiger partial charge in [0.25, 0.3) is 10.0 Å². The van der Waals surface area contributed by atoms with Crippen LogP contribution >= 0.6 is 0 Å². The Balaban J connectivity index is 2.37. The zero-order valence-electron chi connectivity index (χ0n) is 9.38. The fraction of sp³-hybridized carbons (Fsp3) is 0. The summed E-state index contributed by atoms with van der Waals surface area (Å²) in [7, 11) is -4.03. The lowest BCUT2D eigenvalue weighted by atomic mass is 10.2. The third-order valence-corrected chi connectivity index (χ3v) is 3.66. The van der Waals surface area contributed by atoms with Crippen molar-refractivity contribution in [1.82, 2.24) is 10.2 Å². The fourth-order valence-corrected chi connectivity index (χ4v) is 2.46. The van der Waals surface area contributed by atoms with Gasteiger partial charge in [-0.1, -0.05) is 0 Å². The highest BCUT2D eigenvalue weighted by Gasteiger charge is 2.20. The van der Waals surface area contributed by atoms with Gasteiger partial charge in [0, 0.05) is 0 Å². The van der Waals surface area contributed by atoms with E-state index in [1.54, 1.807) is 6.07 Å². The van der Waals surface area contributed by atoms with Crippen LogP contribution in [0, 0.1) is 17.1 Å². The molecule has 4 N–H and O–H groups in total. The quantitative estimate of drug-likeness (QED) is 0.767. The Morgan fingerprint density at radius 2 is 2.21 bits per heavy atom. The van der Waals surface area contributed by atoms with Crippen LogP contribution in [0.4, 0.5) is 15.9 Å². The summed E-state index contributed by atoms with van der Waals surface area (Å²) in [6.07, 6.45) is 1.01. The molecule has 0 aliphatic heterocycles. The van der Waals surface area contributed by atoms with Crippen LogP contribution in [-0.2, 0) is 10.0 Å². The first-order chi connectivity index (χ1) is 8.94. The molecule has 98 valence electrons. The van der Waals surface area contributed by atoms with Crippen LogP contribution in [0.25, 0.3) is 0 Å². The molecule has 2 rings (SSSR count). The Morgan fingerprint density at radius 1 is 1.47 bits per heavy atom. The maximum atomic E-state index is 13.6. The van der Waals surface area contributed by atoms with Gasteiger partial charge in [-0.3, -0.25) is 9.82 Å². The van der Waals surface area contributed by atoms with Gasteiger partial charge in [-0.05, 0) is 18.2 Å². The number of rotatable bonds is 3. The van der Waals surface area contributed by atoms with Crippen molar-refractivity contribution in [3.05, 3.63) is 35.8 Å². The molecule has 0 saturated carbocycles. The van der Waals surface area contributed by atoms with E-state index in [0.29, 0.717) is 0 Å². The number of H-pyrrole nitrogens is 1. The summed E-state index contributed by atoms with van der Waals surface area (Å²) in [4.78, 5) is -0.281. The number of hydrogen-bond acceptors (Lipinski definition) is 5. The van der Waals surface area contributed by atoms with Gasteiger partial charge in [0.05, 0.1) is 23.5 Å². The molecular weight excluding hydrogens is 273 g/mol. The van der Waals surface area contributed by atoms with Gasteiger partial charge in [-0.2, -0.15) is 10.4 Å². The van der Waals surface area contributed by atoms with Crippen LogP contribution in [0.3, 0.4) is 0 Å². The standard InChI is InChI=1S/C10H8FN5O2S/c11-7-3-6(4-12)1-2-8(7)16-19(17,18)9-5-14-15-10(9)13/h1-3,5,16H,(H3,13,14,15). The molecule has 0 unspecified atom stereocenters. The Bertz CT molecular complexity index is 762. The van der Waals surface area contributed by atoms with E-state index < -0.39 is 15.8 Å². The smallest absolute Gasteiger partial charge is 0.267 e. The molecule has 0 aliphatic rings. The summed E-state index contributed by atoms with van der Waals surface area (Å²) in [5, 5.41) is 14.3. The highest BCUT2D eigenvalue weighted by Crippen LogP contribution is 2.22. The van der Waals surface area contributed by atoms with Crippen LogP contribution in [0.5, 0.6) is 0 Å². The normalized spacial score (nSPS) is 10.9. The molecule has 0 saturated heterocycles. The molecule has 0 spiro atoms. The molecule has 0 amide bonds. The zero-order valence-corrected chi connectivity index (χ0v) is 10.2. The highest BCUT2D eigenvalue weighted by molar-refractivity contribution is 7.92. The van der Waals surface area contributed by atoms with Crippen molar-refractivity contribution in [2.45, 2.75) is 4.90 Å². The van der Waals surface area contributed by atoms with E-state index in [9.17, 15) is 12.8 Å². The average molecular weight is 281 g/mol. The number of nitrogen functional groups attached to an aromatic ring is 1. The topological polar surface area (TPSA) is 125 Å². The number of anilines is 2. The van der Waals surface area contributed by atoms with Crippen LogP contribution < -0.4 is 10.5 Å². The van der Waals surface area contributed by atoms with Crippen LogP contribution in [0.1, 0.15) is 5.56 Å². The maximum Gasteiger partial charge on any atom is 0.267 e. The summed E-state index contributed by atoms with van der Waals surface area (Å²) < 4.78 is 39.4. The number of aromatic nitrogens is 2. The molecular formula is C10H8FN5O2S. The third kappa shape index (κ3) is 2.48. The number of nitriles is 1. The lowest BCUT2D eigenvalue weighted by Gasteiger charge is -2.07. The predicted molar refractivity (Wildman–Crippen MR) is 64.9 cm³/mol. The Kier molecular flexibility index (Phi) is 3.10. The summed E-state index contributed by atoms with van der Waals surface area (Å²) in [6, 6.07) is 5.12. The first kappa shape index (κ1) is 12.8. The molecule has 0 atom stereocenters. The molecule has 1 aromatic carbocycles. The van der Waals surface area contributed by atoms with Crippen molar-refractivity contribution in [2.75, 3.05) is 10.5 Å². The summed E-state index contributed by atoms with van der Waals surface area (Å²) in [5.74, 6) is -1.01. The number of hydrogen-bond donors (Lipinski definition) is 3. The zero-order chi connectivity index (χ0) is 14.0. The average Bonchev–Trinajstić information content (AvgIpc) is 2.79. The number of benzene rings is 1. The number of nitrogens with zero attached hydrogens (tertiary/aromatic N) is 2. The molecule has 7 nitrogen and oxygen atoms in total. The van der Waals surface area contributed by atoms with Crippen LogP contribution in [0.15, 0.2) is 29.3 Å². The van der Waals surface area contributed by atoms with E-state index >= 15 is 0 Å². The molecule has 1 aromatic heterocycles. The lowest BCUT2D eigenvalue weighted by molar-refractivity contribution is 0.599. The van der Waals surface area contributed by atoms with Crippen molar-refractivity contribution >= 4 is 21.5 Å². The lowest BCUT2D eigenvalue weighted by Crippen LogP contribution is -2.14. The molecule has 2 aromatic rings. The first-order valence-electron chi connectivity index (χ1n) is 4.95. The van der Waals surface area contributed by atoms with Crippen molar-refractivity contribution in [3.8, 4) is 6.07 Å². The van der Waals surface area contributed by atoms with Crippen LogP contribution in [0.2, 0.25) is 0 Å². The summed E-state index contributed by atoms with van der Waals surface area (Å²) in [5.41, 5.74) is 5.20. The fourth-order valence-electron chi connectivity index (χ4n) is 1.37. The Labute approximate surface area is 107 Å². The third-order valence-electron chi connectivity index (χ3n) is 2.26. The van der Waals surface area contributed by atoms with E-state index in [1.165, 1.54) is 6.07 Å². The largest absolute Gasteiger partial charge is 0.383 e. The second kappa shape index (κ2) is 4.58. The molecule has 0 aliphatic carbocycles. The molecule has 19 heavy (non-hydrogen) atoms. The number of aromatic amines is 1. The molecule has 0 fully saturated rings. The summed E-state index contributed by atoms with van der Waals surface area (Å²) in [6.45, 7) is 0. The van der Waals surface area contributed by atoms with Gasteiger partial charge in [-0.15, -0.1) is 0 Å². The number of nitrogens with one attached hydrogen (secondary N) is 2. The second-order valence-corrected chi connectivity index (χ2v) is 5.21. The van der Waals surface area contributed by atoms with Gasteiger partial charge in [0.2, 0.25) is 0 Å². The minimum Gasteiger partial charge on any atom is -0.383 e. The minimum atomic E-state index is -4.03.